The van der Waals surface area contributed by atoms with Crippen LogP contribution in [0.3, 0.4) is 0 Å². The molecule has 0 amide bonds. The maximum Gasteiger partial charge on any atom is 0.0406 e. The lowest BCUT2D eigenvalue weighted by molar-refractivity contribution is 1.37. The van der Waals surface area contributed by atoms with Gasteiger partial charge in [-0.25, -0.2) is 0 Å². The van der Waals surface area contributed by atoms with E-state index in [9.17, 15) is 0 Å². The molecule has 1 heteroatoms. The van der Waals surface area contributed by atoms with E-state index in [0.29, 0.717) is 0 Å². The standard InChI is InChI=1S/C14H12Cl/c1-10-7-11(2)9-13(8-10)12-3-5-14(15)6-4-12/h3-6,8-9H,1-2H3. The Morgan fingerprint density at radius 3 is 1.93 bits per heavy atom. The van der Waals surface area contributed by atoms with Crippen molar-refractivity contribution in [3.63, 3.8) is 0 Å². The fraction of sp³-hybridized carbons (Fsp3) is 0.143. The van der Waals surface area contributed by atoms with Crippen LogP contribution in [0, 0.1) is 19.9 Å². The molecule has 0 aliphatic rings. The number of benzene rings is 2. The summed E-state index contributed by atoms with van der Waals surface area (Å²) in [6.45, 7) is 4.12. The summed E-state index contributed by atoms with van der Waals surface area (Å²) >= 11 is 5.86. The fourth-order valence-electron chi connectivity index (χ4n) is 1.70. The van der Waals surface area contributed by atoms with Gasteiger partial charge in [-0.1, -0.05) is 35.9 Å². The molecule has 0 aliphatic heterocycles. The molecule has 2 aromatic rings. The van der Waals surface area contributed by atoms with Crippen molar-refractivity contribution < 1.29 is 0 Å². The normalized spacial score (nSPS) is 10.3. The van der Waals surface area contributed by atoms with Gasteiger partial charge in [-0.2, -0.15) is 0 Å². The zero-order valence-corrected chi connectivity index (χ0v) is 9.60. The molecule has 0 saturated carbocycles. The molecule has 0 aliphatic carbocycles. The first-order valence-electron chi connectivity index (χ1n) is 4.92. The highest BCUT2D eigenvalue weighted by Gasteiger charge is 1.99. The van der Waals surface area contributed by atoms with Gasteiger partial charge in [0.15, 0.2) is 0 Å². The van der Waals surface area contributed by atoms with Gasteiger partial charge in [-0.05, 0) is 54.3 Å². The third-order valence-electron chi connectivity index (χ3n) is 2.32. The first-order chi connectivity index (χ1) is 7.15. The summed E-state index contributed by atoms with van der Waals surface area (Å²) in [5.41, 5.74) is 4.75. The maximum atomic E-state index is 5.86. The molecule has 0 heterocycles. The molecule has 1 radical (unpaired) electrons. The van der Waals surface area contributed by atoms with Crippen LogP contribution in [0.5, 0.6) is 0 Å². The van der Waals surface area contributed by atoms with Crippen molar-refractivity contribution in [2.45, 2.75) is 13.8 Å². The molecule has 0 aromatic heterocycles. The van der Waals surface area contributed by atoms with Gasteiger partial charge >= 0.3 is 0 Å². The van der Waals surface area contributed by atoms with E-state index in [1.54, 1.807) is 0 Å². The molecule has 0 bridgehead atoms. The second-order valence-corrected chi connectivity index (χ2v) is 4.18. The summed E-state index contributed by atoms with van der Waals surface area (Å²) in [5, 5.41) is 0.773. The SMILES string of the molecule is Cc1[c]c(C)cc(-c2ccc(Cl)cc2)c1. The van der Waals surface area contributed by atoms with E-state index >= 15 is 0 Å². The summed E-state index contributed by atoms with van der Waals surface area (Å²) < 4.78 is 0. The van der Waals surface area contributed by atoms with Crippen LogP contribution in [0.15, 0.2) is 36.4 Å². The predicted molar refractivity (Wildman–Crippen MR) is 65.2 cm³/mol. The topological polar surface area (TPSA) is 0 Å². The van der Waals surface area contributed by atoms with Gasteiger partial charge in [0, 0.05) is 5.02 Å². The van der Waals surface area contributed by atoms with Crippen molar-refractivity contribution in [3.8, 4) is 11.1 Å². The molecule has 15 heavy (non-hydrogen) atoms. The molecule has 75 valence electrons. The van der Waals surface area contributed by atoms with Crippen LogP contribution >= 0.6 is 11.6 Å². The lowest BCUT2D eigenvalue weighted by Gasteiger charge is -2.04. The number of hydrogen-bond acceptors (Lipinski definition) is 0. The van der Waals surface area contributed by atoms with Crippen molar-refractivity contribution in [3.05, 3.63) is 58.6 Å². The highest BCUT2D eigenvalue weighted by molar-refractivity contribution is 6.30. The minimum Gasteiger partial charge on any atom is -0.0843 e. The Labute approximate surface area is 95.5 Å². The molecular weight excluding hydrogens is 204 g/mol. The molecule has 0 nitrogen and oxygen atoms in total. The van der Waals surface area contributed by atoms with Crippen LogP contribution in [-0.2, 0) is 0 Å². The average Bonchev–Trinajstić information content (AvgIpc) is 2.17. The van der Waals surface area contributed by atoms with Gasteiger partial charge in [0.05, 0.1) is 0 Å². The van der Waals surface area contributed by atoms with Crippen LogP contribution in [0.1, 0.15) is 11.1 Å². The van der Waals surface area contributed by atoms with E-state index in [1.807, 2.05) is 24.3 Å². The quantitative estimate of drug-likeness (QED) is 0.661. The fourth-order valence-corrected chi connectivity index (χ4v) is 1.83. The summed E-state index contributed by atoms with van der Waals surface area (Å²) in [6.07, 6.45) is 0. The van der Waals surface area contributed by atoms with Gasteiger partial charge in [0.2, 0.25) is 0 Å². The first-order valence-corrected chi connectivity index (χ1v) is 5.29. The van der Waals surface area contributed by atoms with Crippen LogP contribution in [0.4, 0.5) is 0 Å². The third kappa shape index (κ3) is 2.40. The molecule has 0 spiro atoms. The van der Waals surface area contributed by atoms with E-state index in [4.69, 9.17) is 11.6 Å². The first kappa shape index (κ1) is 10.3. The Morgan fingerprint density at radius 2 is 1.40 bits per heavy atom. The Bertz CT molecular complexity index is 449. The number of rotatable bonds is 1. The Kier molecular flexibility index (Phi) is 2.79. The summed E-state index contributed by atoms with van der Waals surface area (Å²) in [7, 11) is 0. The second-order valence-electron chi connectivity index (χ2n) is 3.74. The van der Waals surface area contributed by atoms with Crippen molar-refractivity contribution >= 4 is 11.6 Å². The highest BCUT2D eigenvalue weighted by Crippen LogP contribution is 2.23. The second kappa shape index (κ2) is 4.08. The van der Waals surface area contributed by atoms with Crippen molar-refractivity contribution in [1.82, 2.24) is 0 Å². The Hall–Kier alpha value is -1.27. The zero-order valence-electron chi connectivity index (χ0n) is 8.84. The minimum absolute atomic E-state index is 0.773. The van der Waals surface area contributed by atoms with E-state index in [0.717, 1.165) is 5.02 Å². The molecule has 0 N–H and O–H groups in total. The zero-order chi connectivity index (χ0) is 10.8. The van der Waals surface area contributed by atoms with Crippen LogP contribution in [0.25, 0.3) is 11.1 Å². The van der Waals surface area contributed by atoms with Gasteiger partial charge in [0.1, 0.15) is 0 Å². The van der Waals surface area contributed by atoms with E-state index in [2.05, 4.69) is 32.0 Å². The third-order valence-corrected chi connectivity index (χ3v) is 2.57. The van der Waals surface area contributed by atoms with Gasteiger partial charge in [-0.15, -0.1) is 0 Å². The largest absolute Gasteiger partial charge is 0.0843 e. The van der Waals surface area contributed by atoms with Crippen molar-refractivity contribution in [1.29, 1.82) is 0 Å². The molecule has 0 saturated heterocycles. The molecular formula is C14H12Cl. The molecule has 2 rings (SSSR count). The minimum atomic E-state index is 0.773. The predicted octanol–water partition coefficient (Wildman–Crippen LogP) is 4.42. The van der Waals surface area contributed by atoms with Gasteiger partial charge in [-0.3, -0.25) is 0 Å². The summed E-state index contributed by atoms with van der Waals surface area (Å²) in [4.78, 5) is 0. The molecule has 0 fully saturated rings. The number of aryl methyl sites for hydroxylation is 2. The van der Waals surface area contributed by atoms with E-state index < -0.39 is 0 Å². The highest BCUT2D eigenvalue weighted by atomic mass is 35.5. The molecule has 2 aromatic carbocycles. The Balaban J connectivity index is 2.49. The van der Waals surface area contributed by atoms with E-state index in [1.165, 1.54) is 22.3 Å². The molecule has 0 unspecified atom stereocenters. The smallest absolute Gasteiger partial charge is 0.0406 e. The van der Waals surface area contributed by atoms with Crippen LogP contribution in [0.2, 0.25) is 5.02 Å². The average molecular weight is 216 g/mol. The monoisotopic (exact) mass is 215 g/mol. The summed E-state index contributed by atoms with van der Waals surface area (Å²) in [6, 6.07) is 15.4. The lowest BCUT2D eigenvalue weighted by Crippen LogP contribution is -1.82. The van der Waals surface area contributed by atoms with Gasteiger partial charge in [0.25, 0.3) is 0 Å². The van der Waals surface area contributed by atoms with Crippen molar-refractivity contribution in [2.75, 3.05) is 0 Å². The van der Waals surface area contributed by atoms with Crippen LogP contribution < -0.4 is 0 Å². The lowest BCUT2D eigenvalue weighted by atomic mass is 10.0. The number of hydrogen-bond donors (Lipinski definition) is 0. The van der Waals surface area contributed by atoms with Crippen LogP contribution in [-0.4, -0.2) is 0 Å². The van der Waals surface area contributed by atoms with Crippen molar-refractivity contribution in [2.24, 2.45) is 0 Å². The summed E-state index contributed by atoms with van der Waals surface area (Å²) in [5.74, 6) is 0. The number of halogens is 1. The maximum absolute atomic E-state index is 5.86. The van der Waals surface area contributed by atoms with E-state index in [-0.39, 0.29) is 0 Å². The Morgan fingerprint density at radius 1 is 0.867 bits per heavy atom. The van der Waals surface area contributed by atoms with Gasteiger partial charge < -0.3 is 0 Å². The molecule has 0 atom stereocenters.